The molecule has 0 bridgehead atoms. The summed E-state index contributed by atoms with van der Waals surface area (Å²) in [5, 5.41) is 28.3. The molecule has 0 amide bonds. The Bertz CT molecular complexity index is 1080. The Morgan fingerprint density at radius 1 is 0.815 bits per heavy atom. The minimum absolute atomic E-state index is 0.397. The average Bonchev–Trinajstić information content (AvgIpc) is 2.62. The van der Waals surface area contributed by atoms with Crippen LogP contribution in [0, 0.1) is 20.2 Å². The van der Waals surface area contributed by atoms with Gasteiger partial charge in [-0.3, -0.25) is 20.2 Å². The van der Waals surface area contributed by atoms with Crippen LogP contribution in [0.1, 0.15) is 0 Å². The molecule has 0 saturated heterocycles. The number of hydrogen-bond acceptors (Lipinski definition) is 8. The molecule has 0 saturated carbocycles. The molecule has 0 heterocycles. The van der Waals surface area contributed by atoms with Crippen LogP contribution in [0.3, 0.4) is 0 Å². The molecule has 15 heteroatoms. The van der Waals surface area contributed by atoms with E-state index in [-0.39, 0.29) is 0 Å². The molecule has 0 aliphatic rings. The molecule has 0 aliphatic heterocycles. The third kappa shape index (κ3) is 3.74. The summed E-state index contributed by atoms with van der Waals surface area (Å²) in [7, 11) is -4.39. The molecule has 0 N–H and O–H groups in total. The smallest absolute Gasteiger partial charge is 0.258 e. The molecule has 0 atom stereocenters. The number of nitrogens with zero attached hydrogens (tertiary/aromatic N) is 8. The summed E-state index contributed by atoms with van der Waals surface area (Å²) in [6, 6.07) is 5.14. The Morgan fingerprint density at radius 3 is 1.48 bits per heavy atom. The van der Waals surface area contributed by atoms with E-state index in [2.05, 4.69) is 20.1 Å². The summed E-state index contributed by atoms with van der Waals surface area (Å²) in [5.41, 5.74) is 14.5. The van der Waals surface area contributed by atoms with Crippen LogP contribution < -0.4 is 0 Å². The zero-order valence-electron chi connectivity index (χ0n) is 12.9. The highest BCUT2D eigenvalue weighted by molar-refractivity contribution is 7.91. The molecule has 0 spiro atoms. The van der Waals surface area contributed by atoms with Crippen molar-refractivity contribution in [1.82, 2.24) is 0 Å². The summed E-state index contributed by atoms with van der Waals surface area (Å²) in [6.45, 7) is 0. The summed E-state index contributed by atoms with van der Waals surface area (Å²) < 4.78 is 25.3. The van der Waals surface area contributed by atoms with Crippen LogP contribution in [-0.4, -0.2) is 18.3 Å². The highest BCUT2D eigenvalue weighted by Crippen LogP contribution is 2.35. The predicted octanol–water partition coefficient (Wildman–Crippen LogP) is 4.22. The molecule has 0 aromatic heterocycles. The molecule has 0 aliphatic carbocycles. The van der Waals surface area contributed by atoms with E-state index in [1.54, 1.807) is 0 Å². The van der Waals surface area contributed by atoms with Gasteiger partial charge in [0.15, 0.2) is 0 Å². The number of rotatable bonds is 6. The van der Waals surface area contributed by atoms with Crippen molar-refractivity contribution in [2.24, 2.45) is 10.2 Å². The number of azide groups is 2. The van der Waals surface area contributed by atoms with Crippen LogP contribution in [0.4, 0.5) is 22.7 Å². The Hall–Kier alpha value is -4.19. The van der Waals surface area contributed by atoms with E-state index >= 15 is 0 Å². The van der Waals surface area contributed by atoms with Gasteiger partial charge < -0.3 is 0 Å². The van der Waals surface area contributed by atoms with Crippen molar-refractivity contribution in [1.29, 1.82) is 0 Å². The lowest BCUT2D eigenvalue weighted by Crippen LogP contribution is -2.04. The molecule has 136 valence electrons. The lowest BCUT2D eigenvalue weighted by Gasteiger charge is -2.06. The van der Waals surface area contributed by atoms with Crippen molar-refractivity contribution in [3.8, 4) is 0 Å². The van der Waals surface area contributed by atoms with Crippen molar-refractivity contribution in [3.05, 3.63) is 77.5 Å². The van der Waals surface area contributed by atoms with E-state index in [9.17, 15) is 28.6 Å². The van der Waals surface area contributed by atoms with Crippen molar-refractivity contribution < 1.29 is 18.3 Å². The topological polar surface area (TPSA) is 218 Å². The van der Waals surface area contributed by atoms with Crippen molar-refractivity contribution in [2.75, 3.05) is 0 Å². The Labute approximate surface area is 149 Å². The van der Waals surface area contributed by atoms with Gasteiger partial charge in [0.2, 0.25) is 9.84 Å². The average molecular weight is 390 g/mol. The van der Waals surface area contributed by atoms with Crippen molar-refractivity contribution in [2.45, 2.75) is 9.79 Å². The number of nitro benzene ring substituents is 2. The Balaban J connectivity index is 2.69. The molecular weight excluding hydrogens is 384 g/mol. The number of nitro groups is 2. The first-order chi connectivity index (χ1) is 12.7. The number of hydrogen-bond donors (Lipinski definition) is 0. The third-order valence-electron chi connectivity index (χ3n) is 3.21. The standard InChI is InChI=1S/C12H6N8O6S/c13-17-15-9-3-1-7(5-11(9)19(21)22)27(25,26)8-2-4-10(16-18-14)12(6-8)20(23)24/h1-6H. The largest absolute Gasteiger partial charge is 0.280 e. The quantitative estimate of drug-likeness (QED) is 0.231. The van der Waals surface area contributed by atoms with E-state index in [0.717, 1.165) is 24.3 Å². The molecule has 14 nitrogen and oxygen atoms in total. The summed E-state index contributed by atoms with van der Waals surface area (Å²) >= 11 is 0. The van der Waals surface area contributed by atoms with Gasteiger partial charge in [-0.05, 0) is 35.3 Å². The first kappa shape index (κ1) is 19.1. The van der Waals surface area contributed by atoms with E-state index in [0.29, 0.717) is 12.1 Å². The van der Waals surface area contributed by atoms with Crippen LogP contribution in [0.25, 0.3) is 20.9 Å². The molecule has 0 radical (unpaired) electrons. The van der Waals surface area contributed by atoms with Crippen molar-refractivity contribution >= 4 is 32.6 Å². The lowest BCUT2D eigenvalue weighted by atomic mass is 10.3. The summed E-state index contributed by atoms with van der Waals surface area (Å²) in [5.74, 6) is 0. The molecule has 0 fully saturated rings. The molecule has 0 unspecified atom stereocenters. The first-order valence-electron chi connectivity index (χ1n) is 6.64. The van der Waals surface area contributed by atoms with Gasteiger partial charge in [0, 0.05) is 22.0 Å². The second-order valence-corrected chi connectivity index (χ2v) is 6.65. The molecule has 2 aromatic carbocycles. The van der Waals surface area contributed by atoms with Crippen molar-refractivity contribution in [3.63, 3.8) is 0 Å². The lowest BCUT2D eigenvalue weighted by molar-refractivity contribution is -0.384. The maximum atomic E-state index is 12.7. The fourth-order valence-corrected chi connectivity index (χ4v) is 3.33. The monoisotopic (exact) mass is 390 g/mol. The van der Waals surface area contributed by atoms with Crippen LogP contribution in [0.15, 0.2) is 56.4 Å². The fourth-order valence-electron chi connectivity index (χ4n) is 2.03. The van der Waals surface area contributed by atoms with Gasteiger partial charge in [-0.2, -0.15) is 0 Å². The SMILES string of the molecule is [N-]=[N+]=Nc1ccc(S(=O)(=O)c2ccc(N=[N+]=[N-])c([N+](=O)[O-])c2)cc1[N+](=O)[O-]. The second kappa shape index (κ2) is 7.37. The fraction of sp³-hybridized carbons (Fsp3) is 0. The van der Waals surface area contributed by atoms with Gasteiger partial charge in [0.1, 0.15) is 11.4 Å². The van der Waals surface area contributed by atoms with Gasteiger partial charge in [-0.1, -0.05) is 10.2 Å². The number of benzene rings is 2. The van der Waals surface area contributed by atoms with Crippen LogP contribution >= 0.6 is 0 Å². The summed E-state index contributed by atoms with van der Waals surface area (Å²) in [4.78, 5) is 24.0. The minimum Gasteiger partial charge on any atom is -0.258 e. The Morgan fingerprint density at radius 2 is 1.19 bits per heavy atom. The maximum Gasteiger partial charge on any atom is 0.280 e. The van der Waals surface area contributed by atoms with Gasteiger partial charge in [-0.15, -0.1) is 0 Å². The number of sulfone groups is 1. The minimum atomic E-state index is -4.39. The van der Waals surface area contributed by atoms with Gasteiger partial charge in [0.05, 0.1) is 19.6 Å². The highest BCUT2D eigenvalue weighted by atomic mass is 32.2. The van der Waals surface area contributed by atoms with Gasteiger partial charge in [0.25, 0.3) is 11.4 Å². The molecule has 27 heavy (non-hydrogen) atoms. The first-order valence-corrected chi connectivity index (χ1v) is 8.13. The maximum absolute atomic E-state index is 12.7. The van der Waals surface area contributed by atoms with Crippen LogP contribution in [0.2, 0.25) is 0 Å². The summed E-state index contributed by atoms with van der Waals surface area (Å²) in [6.07, 6.45) is 0. The normalized spacial score (nSPS) is 10.4. The predicted molar refractivity (Wildman–Crippen MR) is 89.3 cm³/mol. The zero-order valence-corrected chi connectivity index (χ0v) is 13.7. The van der Waals surface area contributed by atoms with E-state index < -0.39 is 52.2 Å². The Kier molecular flexibility index (Phi) is 5.22. The van der Waals surface area contributed by atoms with Gasteiger partial charge >= 0.3 is 0 Å². The second-order valence-electron chi connectivity index (χ2n) is 4.70. The van der Waals surface area contributed by atoms with Crippen LogP contribution in [-0.2, 0) is 9.84 Å². The van der Waals surface area contributed by atoms with Crippen LogP contribution in [0.5, 0.6) is 0 Å². The highest BCUT2D eigenvalue weighted by Gasteiger charge is 2.25. The van der Waals surface area contributed by atoms with E-state index in [4.69, 9.17) is 11.1 Å². The molecule has 2 aromatic rings. The zero-order chi connectivity index (χ0) is 20.2. The molecular formula is C12H6N8O6S. The molecule has 2 rings (SSSR count). The van der Waals surface area contributed by atoms with E-state index in [1.165, 1.54) is 0 Å². The third-order valence-corrected chi connectivity index (χ3v) is 4.96. The van der Waals surface area contributed by atoms with Gasteiger partial charge in [-0.25, -0.2) is 8.42 Å². The van der Waals surface area contributed by atoms with E-state index in [1.807, 2.05) is 0 Å².